The molecule has 1 aliphatic rings. The van der Waals surface area contributed by atoms with Crippen molar-refractivity contribution in [3.8, 4) is 0 Å². The normalized spacial score (nSPS) is 29.4. The molecule has 0 saturated carbocycles. The molecule has 6 atom stereocenters. The Kier molecular flexibility index (Phi) is 7.74. The molecule has 1 aromatic rings. The molecule has 3 N–H and O–H groups in total. The molecule has 0 aliphatic carbocycles. The van der Waals surface area contributed by atoms with Gasteiger partial charge in [0.2, 0.25) is 0 Å². The quantitative estimate of drug-likeness (QED) is 0.364. The second-order valence-electron chi connectivity index (χ2n) is 8.10. The summed E-state index contributed by atoms with van der Waals surface area (Å²) in [7, 11) is -1.55. The molecule has 1 aromatic carbocycles. The summed E-state index contributed by atoms with van der Waals surface area (Å²) in [6.07, 6.45) is -3.25. The first kappa shape index (κ1) is 22.5. The van der Waals surface area contributed by atoms with E-state index in [0.29, 0.717) is 5.56 Å². The summed E-state index contributed by atoms with van der Waals surface area (Å²) in [6.45, 7) is 10.0. The van der Waals surface area contributed by atoms with Gasteiger partial charge in [0.05, 0.1) is 13.6 Å². The number of esters is 1. The summed E-state index contributed by atoms with van der Waals surface area (Å²) in [5.41, 5.74) is 2.28. The minimum Gasteiger partial charge on any atom is -0.453 e. The third kappa shape index (κ3) is 5.86. The molecule has 0 radical (unpaired) electrons. The molecule has 154 valence electrons. The fraction of sp³-hybridized carbons (Fsp3) is 0.476. The monoisotopic (exact) mass is 406 g/mol. The number of benzene rings is 1. The maximum Gasteiger partial charge on any atom is 0.338 e. The zero-order chi connectivity index (χ0) is 20.9. The van der Waals surface area contributed by atoms with E-state index in [1.54, 1.807) is 42.5 Å². The Morgan fingerprint density at radius 3 is 2.46 bits per heavy atom. The summed E-state index contributed by atoms with van der Waals surface area (Å²) in [6, 6.07) is 8.39. The lowest BCUT2D eigenvalue weighted by Crippen LogP contribution is -2.61. The van der Waals surface area contributed by atoms with Gasteiger partial charge in [-0.25, -0.2) is 4.79 Å². The number of carbonyl (C=O) groups is 1. The number of ether oxygens (including phenoxy) is 2. The average Bonchev–Trinajstić information content (AvgIpc) is 2.65. The van der Waals surface area contributed by atoms with Crippen LogP contribution in [0.4, 0.5) is 0 Å². The van der Waals surface area contributed by atoms with E-state index in [1.165, 1.54) is 0 Å². The van der Waals surface area contributed by atoms with Crippen LogP contribution in [0.2, 0.25) is 19.6 Å². The highest BCUT2D eigenvalue weighted by Crippen LogP contribution is 2.29. The van der Waals surface area contributed by atoms with E-state index in [2.05, 4.69) is 26.2 Å². The second kappa shape index (κ2) is 9.62. The van der Waals surface area contributed by atoms with Crippen LogP contribution >= 0.6 is 0 Å². The van der Waals surface area contributed by atoms with Crippen LogP contribution < -0.4 is 0 Å². The molecule has 2 rings (SSSR count). The molecule has 7 heteroatoms. The Balaban J connectivity index is 2.17. The van der Waals surface area contributed by atoms with Crippen molar-refractivity contribution in [3.63, 3.8) is 0 Å². The zero-order valence-corrected chi connectivity index (χ0v) is 17.6. The highest BCUT2D eigenvalue weighted by Gasteiger charge is 2.48. The molecule has 0 bridgehead atoms. The molecule has 1 saturated heterocycles. The van der Waals surface area contributed by atoms with E-state index in [9.17, 15) is 20.1 Å². The van der Waals surface area contributed by atoms with Crippen molar-refractivity contribution in [1.82, 2.24) is 0 Å². The Bertz CT molecular complexity index is 684. The molecule has 1 fully saturated rings. The van der Waals surface area contributed by atoms with Crippen LogP contribution in [0.15, 0.2) is 54.8 Å². The lowest BCUT2D eigenvalue weighted by atomic mass is 9.90. The van der Waals surface area contributed by atoms with Crippen molar-refractivity contribution in [2.24, 2.45) is 0 Å². The first-order valence-electron chi connectivity index (χ1n) is 9.40. The highest BCUT2D eigenvalue weighted by atomic mass is 28.3. The summed E-state index contributed by atoms with van der Waals surface area (Å²) in [4.78, 5) is 12.4. The van der Waals surface area contributed by atoms with Gasteiger partial charge in [-0.15, -0.1) is 6.58 Å². The van der Waals surface area contributed by atoms with Crippen molar-refractivity contribution >= 4 is 14.0 Å². The van der Waals surface area contributed by atoms with Gasteiger partial charge in [-0.2, -0.15) is 0 Å². The van der Waals surface area contributed by atoms with Gasteiger partial charge in [0.1, 0.15) is 30.5 Å². The Hall–Kier alpha value is -1.77. The maximum absolute atomic E-state index is 12.4. The first-order chi connectivity index (χ1) is 13.1. The fourth-order valence-corrected chi connectivity index (χ4v) is 3.79. The summed E-state index contributed by atoms with van der Waals surface area (Å²) >= 11 is 0. The smallest absolute Gasteiger partial charge is 0.338 e. The number of hydrogen-bond acceptors (Lipinski definition) is 6. The van der Waals surface area contributed by atoms with Crippen LogP contribution in [0.3, 0.4) is 0 Å². The van der Waals surface area contributed by atoms with E-state index in [0.717, 1.165) is 0 Å². The molecule has 0 aromatic heterocycles. The van der Waals surface area contributed by atoms with Crippen molar-refractivity contribution < 1.29 is 29.6 Å². The van der Waals surface area contributed by atoms with Gasteiger partial charge in [0.25, 0.3) is 0 Å². The Morgan fingerprint density at radius 2 is 1.89 bits per heavy atom. The number of carbonyl (C=O) groups excluding carboxylic acids is 1. The van der Waals surface area contributed by atoms with Crippen LogP contribution in [0, 0.1) is 0 Å². The summed E-state index contributed by atoms with van der Waals surface area (Å²) in [5.74, 6) is -0.618. The van der Waals surface area contributed by atoms with Crippen LogP contribution in [0.5, 0.6) is 0 Å². The van der Waals surface area contributed by atoms with Crippen molar-refractivity contribution in [3.05, 3.63) is 60.3 Å². The number of aliphatic hydroxyl groups excluding tert-OH is 3. The predicted octanol–water partition coefficient (Wildman–Crippen LogP) is 2.07. The van der Waals surface area contributed by atoms with Gasteiger partial charge in [0.15, 0.2) is 6.10 Å². The predicted molar refractivity (Wildman–Crippen MR) is 110 cm³/mol. The van der Waals surface area contributed by atoms with Gasteiger partial charge in [-0.3, -0.25) is 0 Å². The number of hydrogen-bond donors (Lipinski definition) is 3. The highest BCUT2D eigenvalue weighted by molar-refractivity contribution is 6.80. The molecule has 6 nitrogen and oxygen atoms in total. The van der Waals surface area contributed by atoms with Gasteiger partial charge in [-0.1, -0.05) is 55.7 Å². The van der Waals surface area contributed by atoms with Crippen molar-refractivity contribution in [1.29, 1.82) is 0 Å². The van der Waals surface area contributed by atoms with E-state index in [1.807, 2.05) is 5.70 Å². The Morgan fingerprint density at radius 1 is 1.25 bits per heavy atom. The van der Waals surface area contributed by atoms with Crippen molar-refractivity contribution in [2.75, 3.05) is 0 Å². The standard InChI is InChI=1S/C21H30O6Si/c1-5-9-16-20(27-21(25)14-10-7-6-8-11-14)18(24)17(23)19(26-16)15(22)12-13-28(2,3)4/h5-8,10-13,15-20,22-24H,1,9H2,2-4H3/b13-12+/t15?,16-,17?,18?,19-,20?/m0/s1. The average molecular weight is 407 g/mol. The van der Waals surface area contributed by atoms with Gasteiger partial charge >= 0.3 is 5.97 Å². The molecule has 4 unspecified atom stereocenters. The molecule has 1 heterocycles. The maximum atomic E-state index is 12.4. The molecule has 0 amide bonds. The van der Waals surface area contributed by atoms with E-state index >= 15 is 0 Å². The molecule has 0 spiro atoms. The van der Waals surface area contributed by atoms with E-state index < -0.39 is 50.7 Å². The third-order valence-electron chi connectivity index (χ3n) is 4.50. The van der Waals surface area contributed by atoms with Crippen LogP contribution in [-0.4, -0.2) is 66.0 Å². The fourth-order valence-electron chi connectivity index (χ4n) is 3.01. The van der Waals surface area contributed by atoms with E-state index in [-0.39, 0.29) is 6.42 Å². The second-order valence-corrected chi connectivity index (χ2v) is 13.2. The Labute approximate surface area is 167 Å². The van der Waals surface area contributed by atoms with Crippen LogP contribution in [0.25, 0.3) is 0 Å². The SMILES string of the molecule is C=CC[C@@H]1O[C@@H](C(O)/C=C/[Si](C)(C)C)C(O)C(O)C1OC(=O)c1ccccc1. The molecular weight excluding hydrogens is 376 g/mol. The minimum absolute atomic E-state index is 0.289. The number of rotatable bonds is 7. The minimum atomic E-state index is -1.55. The lowest BCUT2D eigenvalue weighted by molar-refractivity contribution is -0.236. The number of aliphatic hydroxyl groups is 3. The first-order valence-corrected chi connectivity index (χ1v) is 13.0. The van der Waals surface area contributed by atoms with Gasteiger partial charge < -0.3 is 24.8 Å². The molecule has 28 heavy (non-hydrogen) atoms. The third-order valence-corrected chi connectivity index (χ3v) is 5.70. The lowest BCUT2D eigenvalue weighted by Gasteiger charge is -2.43. The zero-order valence-electron chi connectivity index (χ0n) is 16.6. The van der Waals surface area contributed by atoms with E-state index in [4.69, 9.17) is 9.47 Å². The van der Waals surface area contributed by atoms with Gasteiger partial charge in [0, 0.05) is 0 Å². The topological polar surface area (TPSA) is 96.2 Å². The van der Waals surface area contributed by atoms with Crippen molar-refractivity contribution in [2.45, 2.75) is 62.7 Å². The summed E-state index contributed by atoms with van der Waals surface area (Å²) < 4.78 is 11.3. The van der Waals surface area contributed by atoms with Gasteiger partial charge in [-0.05, 0) is 18.6 Å². The summed E-state index contributed by atoms with van der Waals surface area (Å²) in [5, 5.41) is 31.6. The van der Waals surface area contributed by atoms with Crippen LogP contribution in [-0.2, 0) is 9.47 Å². The largest absolute Gasteiger partial charge is 0.453 e. The van der Waals surface area contributed by atoms with Crippen LogP contribution in [0.1, 0.15) is 16.8 Å². The molecule has 1 aliphatic heterocycles. The molecular formula is C21H30O6Si.